The lowest BCUT2D eigenvalue weighted by Gasteiger charge is -2.31. The zero-order valence-electron chi connectivity index (χ0n) is 13.1. The van der Waals surface area contributed by atoms with E-state index in [-0.39, 0.29) is 11.7 Å². The Balaban J connectivity index is 1.72. The molecule has 0 saturated heterocycles. The number of aromatic amines is 1. The van der Waals surface area contributed by atoms with E-state index in [4.69, 9.17) is 0 Å². The summed E-state index contributed by atoms with van der Waals surface area (Å²) in [7, 11) is 2.02. The molecule has 2 N–H and O–H groups in total. The Kier molecular flexibility index (Phi) is 4.60. The first-order chi connectivity index (χ1) is 10.6. The zero-order valence-corrected chi connectivity index (χ0v) is 13.1. The molecule has 0 spiro atoms. The van der Waals surface area contributed by atoms with Crippen LogP contribution in [-0.4, -0.2) is 34.7 Å². The van der Waals surface area contributed by atoms with Crippen LogP contribution in [0.15, 0.2) is 35.1 Å². The van der Waals surface area contributed by atoms with Gasteiger partial charge in [-0.2, -0.15) is 0 Å². The van der Waals surface area contributed by atoms with Gasteiger partial charge < -0.3 is 15.0 Å². The van der Waals surface area contributed by atoms with E-state index >= 15 is 0 Å². The standard InChI is InChI=1S/C18H24N2O2/c1-20(11-14-7-3-5-9-17(14)21)12-15-10-13-6-2-4-8-16(13)19-18(15)22/h2,4,6,8,10,14,17,21H,3,5,7,9,11-12H2,1H3,(H,19,22). The molecule has 1 saturated carbocycles. The molecular weight excluding hydrogens is 276 g/mol. The van der Waals surface area contributed by atoms with Crippen molar-refractivity contribution in [3.8, 4) is 0 Å². The van der Waals surface area contributed by atoms with Crippen LogP contribution < -0.4 is 5.56 Å². The van der Waals surface area contributed by atoms with Gasteiger partial charge in [0.05, 0.1) is 6.10 Å². The summed E-state index contributed by atoms with van der Waals surface area (Å²) in [6.45, 7) is 1.46. The van der Waals surface area contributed by atoms with E-state index < -0.39 is 0 Å². The molecule has 0 aliphatic heterocycles. The van der Waals surface area contributed by atoms with Gasteiger partial charge in [0.1, 0.15) is 0 Å². The minimum Gasteiger partial charge on any atom is -0.393 e. The highest BCUT2D eigenvalue weighted by atomic mass is 16.3. The minimum absolute atomic E-state index is 0.0188. The number of hydrogen-bond donors (Lipinski definition) is 2. The van der Waals surface area contributed by atoms with Gasteiger partial charge in [-0.3, -0.25) is 4.79 Å². The molecule has 1 heterocycles. The van der Waals surface area contributed by atoms with Crippen LogP contribution in [0.4, 0.5) is 0 Å². The van der Waals surface area contributed by atoms with Gasteiger partial charge in [-0.05, 0) is 43.3 Å². The summed E-state index contributed by atoms with van der Waals surface area (Å²) in [5, 5.41) is 11.1. The molecular formula is C18H24N2O2. The highest BCUT2D eigenvalue weighted by Crippen LogP contribution is 2.25. The van der Waals surface area contributed by atoms with Crippen LogP contribution in [0.25, 0.3) is 10.9 Å². The lowest BCUT2D eigenvalue weighted by atomic mass is 9.86. The first-order valence-electron chi connectivity index (χ1n) is 8.11. The molecule has 22 heavy (non-hydrogen) atoms. The maximum Gasteiger partial charge on any atom is 0.252 e. The smallest absolute Gasteiger partial charge is 0.252 e. The molecule has 1 aliphatic carbocycles. The van der Waals surface area contributed by atoms with Gasteiger partial charge in [-0.1, -0.05) is 31.0 Å². The molecule has 2 aromatic rings. The van der Waals surface area contributed by atoms with Crippen molar-refractivity contribution in [1.29, 1.82) is 0 Å². The van der Waals surface area contributed by atoms with Gasteiger partial charge >= 0.3 is 0 Å². The number of nitrogens with zero attached hydrogens (tertiary/aromatic N) is 1. The second-order valence-corrected chi connectivity index (χ2v) is 6.52. The summed E-state index contributed by atoms with van der Waals surface area (Å²) in [4.78, 5) is 17.3. The number of nitrogens with one attached hydrogen (secondary N) is 1. The number of aromatic nitrogens is 1. The molecule has 1 aromatic carbocycles. The largest absolute Gasteiger partial charge is 0.393 e. The average molecular weight is 300 g/mol. The number of pyridine rings is 1. The predicted molar refractivity (Wildman–Crippen MR) is 88.9 cm³/mol. The Bertz CT molecular complexity index is 695. The van der Waals surface area contributed by atoms with E-state index in [1.807, 2.05) is 37.4 Å². The predicted octanol–water partition coefficient (Wildman–Crippen LogP) is 2.51. The summed E-state index contributed by atoms with van der Waals surface area (Å²) in [6.07, 6.45) is 4.14. The first kappa shape index (κ1) is 15.3. The van der Waals surface area contributed by atoms with Crippen molar-refractivity contribution < 1.29 is 5.11 Å². The maximum absolute atomic E-state index is 12.2. The normalized spacial score (nSPS) is 22.3. The van der Waals surface area contributed by atoms with Crippen LogP contribution in [0, 0.1) is 5.92 Å². The molecule has 4 nitrogen and oxygen atoms in total. The molecule has 4 heteroatoms. The third-order valence-corrected chi connectivity index (χ3v) is 4.69. The molecule has 1 fully saturated rings. The van der Waals surface area contributed by atoms with Gasteiger partial charge in [-0.25, -0.2) is 0 Å². The molecule has 1 aromatic heterocycles. The van der Waals surface area contributed by atoms with E-state index in [0.29, 0.717) is 12.5 Å². The Morgan fingerprint density at radius 1 is 1.27 bits per heavy atom. The van der Waals surface area contributed by atoms with Crippen molar-refractivity contribution in [2.24, 2.45) is 5.92 Å². The summed E-state index contributed by atoms with van der Waals surface area (Å²) < 4.78 is 0. The Labute approximate surface area is 130 Å². The van der Waals surface area contributed by atoms with Crippen LogP contribution >= 0.6 is 0 Å². The van der Waals surface area contributed by atoms with Crippen molar-refractivity contribution in [2.45, 2.75) is 38.3 Å². The van der Waals surface area contributed by atoms with Crippen molar-refractivity contribution in [2.75, 3.05) is 13.6 Å². The monoisotopic (exact) mass is 300 g/mol. The van der Waals surface area contributed by atoms with Gasteiger partial charge in [0, 0.05) is 24.2 Å². The van der Waals surface area contributed by atoms with E-state index in [9.17, 15) is 9.90 Å². The third-order valence-electron chi connectivity index (χ3n) is 4.69. The SMILES string of the molecule is CN(Cc1cc2ccccc2[nH]c1=O)CC1CCCCC1O. The second-order valence-electron chi connectivity index (χ2n) is 6.52. The van der Waals surface area contributed by atoms with Gasteiger partial charge in [0.15, 0.2) is 0 Å². The van der Waals surface area contributed by atoms with Crippen LogP contribution in [-0.2, 0) is 6.54 Å². The van der Waals surface area contributed by atoms with E-state index in [1.54, 1.807) is 0 Å². The fraction of sp³-hybridized carbons (Fsp3) is 0.500. The minimum atomic E-state index is -0.189. The van der Waals surface area contributed by atoms with Crippen molar-refractivity contribution in [3.05, 3.63) is 46.2 Å². The molecule has 2 unspecified atom stereocenters. The number of benzene rings is 1. The highest BCUT2D eigenvalue weighted by molar-refractivity contribution is 5.78. The number of rotatable bonds is 4. The van der Waals surface area contributed by atoms with Gasteiger partial charge in [-0.15, -0.1) is 0 Å². The van der Waals surface area contributed by atoms with Crippen molar-refractivity contribution in [3.63, 3.8) is 0 Å². The van der Waals surface area contributed by atoms with Crippen LogP contribution in [0.2, 0.25) is 0 Å². The van der Waals surface area contributed by atoms with Crippen LogP contribution in [0.1, 0.15) is 31.2 Å². The Hall–Kier alpha value is -1.65. The maximum atomic E-state index is 12.2. The summed E-state index contributed by atoms with van der Waals surface area (Å²) in [5.74, 6) is 0.332. The quantitative estimate of drug-likeness (QED) is 0.912. The average Bonchev–Trinajstić information content (AvgIpc) is 2.50. The topological polar surface area (TPSA) is 56.3 Å². The zero-order chi connectivity index (χ0) is 15.5. The summed E-state index contributed by atoms with van der Waals surface area (Å²) in [6, 6.07) is 9.81. The summed E-state index contributed by atoms with van der Waals surface area (Å²) >= 11 is 0. The molecule has 1 aliphatic rings. The van der Waals surface area contributed by atoms with Crippen LogP contribution in [0.3, 0.4) is 0 Å². The number of aliphatic hydroxyl groups is 1. The summed E-state index contributed by atoms with van der Waals surface area (Å²) in [5.41, 5.74) is 1.64. The number of fused-ring (bicyclic) bond motifs is 1. The molecule has 2 atom stereocenters. The highest BCUT2D eigenvalue weighted by Gasteiger charge is 2.24. The fourth-order valence-electron chi connectivity index (χ4n) is 3.47. The molecule has 118 valence electrons. The Morgan fingerprint density at radius 3 is 2.86 bits per heavy atom. The first-order valence-corrected chi connectivity index (χ1v) is 8.11. The molecule has 0 amide bonds. The van der Waals surface area contributed by atoms with Crippen molar-refractivity contribution in [1.82, 2.24) is 9.88 Å². The number of H-pyrrole nitrogens is 1. The molecule has 0 bridgehead atoms. The number of para-hydroxylation sites is 1. The molecule has 3 rings (SSSR count). The fourth-order valence-corrected chi connectivity index (χ4v) is 3.47. The molecule has 0 radical (unpaired) electrons. The van der Waals surface area contributed by atoms with Gasteiger partial charge in [0.2, 0.25) is 0 Å². The van der Waals surface area contributed by atoms with E-state index in [1.165, 1.54) is 6.42 Å². The number of aliphatic hydroxyl groups excluding tert-OH is 1. The third kappa shape index (κ3) is 3.39. The Morgan fingerprint density at radius 2 is 2.05 bits per heavy atom. The van der Waals surface area contributed by atoms with Crippen molar-refractivity contribution >= 4 is 10.9 Å². The van der Waals surface area contributed by atoms with E-state index in [2.05, 4.69) is 9.88 Å². The number of hydrogen-bond acceptors (Lipinski definition) is 3. The lowest BCUT2D eigenvalue weighted by Crippen LogP contribution is -2.35. The van der Waals surface area contributed by atoms with Crippen LogP contribution in [0.5, 0.6) is 0 Å². The van der Waals surface area contributed by atoms with E-state index in [0.717, 1.165) is 42.3 Å². The second kappa shape index (κ2) is 6.63. The van der Waals surface area contributed by atoms with Gasteiger partial charge in [0.25, 0.3) is 5.56 Å². The lowest BCUT2D eigenvalue weighted by molar-refractivity contribution is 0.0501.